The molecule has 0 aliphatic carbocycles. The molecule has 0 saturated carbocycles. The first-order chi connectivity index (χ1) is 10.6. The van der Waals surface area contributed by atoms with Crippen molar-refractivity contribution in [2.45, 2.75) is 25.8 Å². The molecule has 2 aromatic rings. The normalized spacial score (nSPS) is 21.8. The fourth-order valence-electron chi connectivity index (χ4n) is 2.63. The standard InChI is InChI=1S/C15H16N2O4S/c1-9-2-3-10(15(19)20)6-17(9)14(18)12-8-22-13(16-12)11-4-5-21-7-11/h4-5,7-10H,2-3,6H2,1H3,(H,19,20). The van der Waals surface area contributed by atoms with E-state index >= 15 is 0 Å². The molecule has 2 aromatic heterocycles. The van der Waals surface area contributed by atoms with Crippen LogP contribution in [0.25, 0.3) is 10.6 Å². The third-order valence-corrected chi connectivity index (χ3v) is 4.87. The molecule has 2 atom stereocenters. The largest absolute Gasteiger partial charge is 0.481 e. The van der Waals surface area contributed by atoms with Gasteiger partial charge in [0, 0.05) is 23.5 Å². The van der Waals surface area contributed by atoms with Gasteiger partial charge in [0.25, 0.3) is 5.91 Å². The zero-order valence-corrected chi connectivity index (χ0v) is 12.9. The Labute approximate surface area is 131 Å². The molecule has 7 heteroatoms. The molecular formula is C15H16N2O4S. The Morgan fingerprint density at radius 2 is 2.27 bits per heavy atom. The second kappa shape index (κ2) is 5.92. The first kappa shape index (κ1) is 14.8. The molecule has 1 amide bonds. The predicted molar refractivity (Wildman–Crippen MR) is 80.7 cm³/mol. The number of carbonyl (C=O) groups is 2. The van der Waals surface area contributed by atoms with E-state index in [4.69, 9.17) is 9.52 Å². The summed E-state index contributed by atoms with van der Waals surface area (Å²) in [6.45, 7) is 2.19. The molecule has 1 aliphatic rings. The summed E-state index contributed by atoms with van der Waals surface area (Å²) in [5, 5.41) is 11.6. The monoisotopic (exact) mass is 320 g/mol. The number of likely N-dealkylation sites (tertiary alicyclic amines) is 1. The van der Waals surface area contributed by atoms with Crippen molar-refractivity contribution in [3.63, 3.8) is 0 Å². The number of furan rings is 1. The highest BCUT2D eigenvalue weighted by molar-refractivity contribution is 7.13. The van der Waals surface area contributed by atoms with Crippen LogP contribution in [0, 0.1) is 5.92 Å². The van der Waals surface area contributed by atoms with E-state index in [-0.39, 0.29) is 18.5 Å². The summed E-state index contributed by atoms with van der Waals surface area (Å²) in [7, 11) is 0. The predicted octanol–water partition coefficient (Wildman–Crippen LogP) is 2.73. The molecule has 1 N–H and O–H groups in total. The van der Waals surface area contributed by atoms with E-state index in [0.29, 0.717) is 18.5 Å². The number of hydrogen-bond donors (Lipinski definition) is 1. The fourth-order valence-corrected chi connectivity index (χ4v) is 3.41. The number of carbonyl (C=O) groups excluding carboxylic acids is 1. The first-order valence-corrected chi connectivity index (χ1v) is 7.96. The van der Waals surface area contributed by atoms with E-state index in [1.807, 2.05) is 6.92 Å². The van der Waals surface area contributed by atoms with Crippen molar-refractivity contribution >= 4 is 23.2 Å². The van der Waals surface area contributed by atoms with Gasteiger partial charge in [-0.25, -0.2) is 4.98 Å². The van der Waals surface area contributed by atoms with Gasteiger partial charge in [-0.05, 0) is 25.8 Å². The van der Waals surface area contributed by atoms with Crippen LogP contribution >= 0.6 is 11.3 Å². The summed E-state index contributed by atoms with van der Waals surface area (Å²) in [6, 6.07) is 1.82. The molecule has 116 valence electrons. The maximum absolute atomic E-state index is 12.6. The summed E-state index contributed by atoms with van der Waals surface area (Å²) >= 11 is 1.37. The summed E-state index contributed by atoms with van der Waals surface area (Å²) in [5.74, 6) is -1.54. The minimum atomic E-state index is -0.845. The third-order valence-electron chi connectivity index (χ3n) is 3.98. The average Bonchev–Trinajstić information content (AvgIpc) is 3.17. The van der Waals surface area contributed by atoms with Gasteiger partial charge in [-0.1, -0.05) is 0 Å². The third kappa shape index (κ3) is 2.76. The zero-order valence-electron chi connectivity index (χ0n) is 12.1. The number of hydrogen-bond acceptors (Lipinski definition) is 5. The van der Waals surface area contributed by atoms with Crippen LogP contribution in [0.4, 0.5) is 0 Å². The molecule has 0 radical (unpaired) electrons. The highest BCUT2D eigenvalue weighted by atomic mass is 32.1. The topological polar surface area (TPSA) is 83.6 Å². The second-order valence-corrected chi connectivity index (χ2v) is 6.33. The fraction of sp³-hybridized carbons (Fsp3) is 0.400. The van der Waals surface area contributed by atoms with Gasteiger partial charge in [0.15, 0.2) is 0 Å². The molecule has 0 bridgehead atoms. The number of aromatic nitrogens is 1. The van der Waals surface area contributed by atoms with Gasteiger partial charge < -0.3 is 14.4 Å². The highest BCUT2D eigenvalue weighted by Gasteiger charge is 2.33. The summed E-state index contributed by atoms with van der Waals surface area (Å²) in [5.41, 5.74) is 1.19. The molecule has 3 heterocycles. The maximum atomic E-state index is 12.6. The molecule has 1 saturated heterocycles. The summed E-state index contributed by atoms with van der Waals surface area (Å²) < 4.78 is 5.02. The Bertz CT molecular complexity index is 680. The second-order valence-electron chi connectivity index (χ2n) is 5.47. The number of aliphatic carboxylic acids is 1. The quantitative estimate of drug-likeness (QED) is 0.940. The van der Waals surface area contributed by atoms with Gasteiger partial charge in [0.1, 0.15) is 17.0 Å². The average molecular weight is 320 g/mol. The molecule has 6 nitrogen and oxygen atoms in total. The van der Waals surface area contributed by atoms with Crippen molar-refractivity contribution in [3.8, 4) is 10.6 Å². The minimum absolute atomic E-state index is 0.0298. The molecule has 1 fully saturated rings. The van der Waals surface area contributed by atoms with Crippen LogP contribution in [0.5, 0.6) is 0 Å². The van der Waals surface area contributed by atoms with E-state index in [0.717, 1.165) is 10.6 Å². The lowest BCUT2D eigenvalue weighted by atomic mass is 9.93. The number of amides is 1. The molecule has 1 aliphatic heterocycles. The van der Waals surface area contributed by atoms with Gasteiger partial charge in [0.2, 0.25) is 0 Å². The van der Waals surface area contributed by atoms with E-state index in [2.05, 4.69) is 4.98 Å². The Morgan fingerprint density at radius 1 is 1.45 bits per heavy atom. The molecular weight excluding hydrogens is 304 g/mol. The number of carboxylic acid groups (broad SMARTS) is 1. The van der Waals surface area contributed by atoms with Crippen molar-refractivity contribution in [3.05, 3.63) is 29.7 Å². The smallest absolute Gasteiger partial charge is 0.308 e. The van der Waals surface area contributed by atoms with Gasteiger partial charge in [-0.3, -0.25) is 9.59 Å². The molecule has 22 heavy (non-hydrogen) atoms. The van der Waals surface area contributed by atoms with E-state index in [1.165, 1.54) is 11.3 Å². The van der Waals surface area contributed by atoms with Crippen molar-refractivity contribution in [1.29, 1.82) is 0 Å². The Balaban J connectivity index is 1.79. The summed E-state index contributed by atoms with van der Waals surface area (Å²) in [6.07, 6.45) is 4.44. The van der Waals surface area contributed by atoms with Crippen LogP contribution in [0.1, 0.15) is 30.3 Å². The minimum Gasteiger partial charge on any atom is -0.481 e. The SMILES string of the molecule is CC1CCC(C(=O)O)CN1C(=O)c1csc(-c2ccoc2)n1. The summed E-state index contributed by atoms with van der Waals surface area (Å²) in [4.78, 5) is 29.8. The molecule has 3 rings (SSSR count). The van der Waals surface area contributed by atoms with Gasteiger partial charge >= 0.3 is 5.97 Å². The number of piperidine rings is 1. The van der Waals surface area contributed by atoms with E-state index < -0.39 is 11.9 Å². The number of carboxylic acids is 1. The van der Waals surface area contributed by atoms with E-state index in [9.17, 15) is 9.59 Å². The van der Waals surface area contributed by atoms with Crippen molar-refractivity contribution in [2.75, 3.05) is 6.54 Å². The van der Waals surface area contributed by atoms with Gasteiger partial charge in [-0.2, -0.15) is 0 Å². The van der Waals surface area contributed by atoms with Crippen LogP contribution in [-0.4, -0.2) is 39.5 Å². The van der Waals surface area contributed by atoms with Crippen LogP contribution in [0.15, 0.2) is 28.4 Å². The van der Waals surface area contributed by atoms with Crippen LogP contribution in [-0.2, 0) is 4.79 Å². The van der Waals surface area contributed by atoms with Gasteiger partial charge in [0.05, 0.1) is 12.2 Å². The van der Waals surface area contributed by atoms with Crippen LogP contribution in [0.3, 0.4) is 0 Å². The molecule has 0 aromatic carbocycles. The maximum Gasteiger partial charge on any atom is 0.308 e. The molecule has 0 spiro atoms. The van der Waals surface area contributed by atoms with E-state index in [1.54, 1.807) is 28.9 Å². The van der Waals surface area contributed by atoms with Gasteiger partial charge in [-0.15, -0.1) is 11.3 Å². The lowest BCUT2D eigenvalue weighted by Crippen LogP contribution is -2.47. The Kier molecular flexibility index (Phi) is 3.98. The van der Waals surface area contributed by atoms with Crippen LogP contribution in [0.2, 0.25) is 0 Å². The van der Waals surface area contributed by atoms with Crippen LogP contribution < -0.4 is 0 Å². The number of thiazole rings is 1. The highest BCUT2D eigenvalue weighted by Crippen LogP contribution is 2.27. The Hall–Kier alpha value is -2.15. The van der Waals surface area contributed by atoms with Crippen molar-refractivity contribution in [1.82, 2.24) is 9.88 Å². The lowest BCUT2D eigenvalue weighted by molar-refractivity contribution is -0.143. The van der Waals surface area contributed by atoms with Crippen molar-refractivity contribution in [2.24, 2.45) is 5.92 Å². The Morgan fingerprint density at radius 3 is 2.95 bits per heavy atom. The molecule has 2 unspecified atom stereocenters. The lowest BCUT2D eigenvalue weighted by Gasteiger charge is -2.36. The van der Waals surface area contributed by atoms with Crippen molar-refractivity contribution < 1.29 is 19.1 Å². The number of nitrogens with zero attached hydrogens (tertiary/aromatic N) is 2. The first-order valence-electron chi connectivity index (χ1n) is 7.08. The number of rotatable bonds is 3. The zero-order chi connectivity index (χ0) is 15.7.